The molecule has 0 aromatic carbocycles. The first kappa shape index (κ1) is 10.3. The second kappa shape index (κ2) is 6.05. The molecule has 0 spiro atoms. The molecule has 10 heavy (non-hydrogen) atoms. The van der Waals surface area contributed by atoms with Crippen molar-refractivity contribution in [2.45, 2.75) is 32.4 Å². The average molecular weight is 162 g/mol. The highest BCUT2D eigenvalue weighted by molar-refractivity contribution is 7.99. The minimum Gasteiger partial charge on any atom is -0.396 e. The third-order valence-electron chi connectivity index (χ3n) is 1.37. The highest BCUT2D eigenvalue weighted by Gasteiger charge is 2.00. The zero-order valence-corrected chi connectivity index (χ0v) is 7.95. The summed E-state index contributed by atoms with van der Waals surface area (Å²) in [5, 5.41) is 9.42. The van der Waals surface area contributed by atoms with Gasteiger partial charge in [0.05, 0.1) is 0 Å². The number of aliphatic hydroxyl groups is 1. The van der Waals surface area contributed by atoms with Crippen molar-refractivity contribution in [1.82, 2.24) is 0 Å². The quantitative estimate of drug-likeness (QED) is 0.668. The topological polar surface area (TPSA) is 20.2 Å². The lowest BCUT2D eigenvalue weighted by atomic mass is 10.1. The number of thioether (sulfide) groups is 1. The number of hydrogen-bond acceptors (Lipinski definition) is 2. The fourth-order valence-electron chi connectivity index (χ4n) is 0.596. The van der Waals surface area contributed by atoms with Crippen LogP contribution in [0.4, 0.5) is 0 Å². The summed E-state index contributed by atoms with van der Waals surface area (Å²) < 4.78 is 0. The van der Waals surface area contributed by atoms with E-state index in [9.17, 15) is 0 Å². The molecule has 0 heterocycles. The third-order valence-corrected chi connectivity index (χ3v) is 2.51. The summed E-state index contributed by atoms with van der Waals surface area (Å²) in [6, 6.07) is 0. The first-order valence-corrected chi connectivity index (χ1v) is 4.94. The molecule has 0 aromatic rings. The van der Waals surface area contributed by atoms with Gasteiger partial charge in [0.1, 0.15) is 0 Å². The molecule has 0 aliphatic carbocycles. The van der Waals surface area contributed by atoms with Crippen LogP contribution in [0, 0.1) is 5.92 Å². The minimum atomic E-state index is 0.332. The third kappa shape index (κ3) is 6.43. The minimum absolute atomic E-state index is 0.332. The predicted molar refractivity (Wildman–Crippen MR) is 48.5 cm³/mol. The van der Waals surface area contributed by atoms with E-state index >= 15 is 0 Å². The maximum Gasteiger partial charge on any atom is 0.0456 e. The van der Waals surface area contributed by atoms with E-state index in [1.54, 1.807) is 0 Å². The van der Waals surface area contributed by atoms with E-state index in [-0.39, 0.29) is 0 Å². The maximum absolute atomic E-state index is 8.69. The van der Waals surface area contributed by atoms with Crippen LogP contribution in [0.2, 0.25) is 0 Å². The van der Waals surface area contributed by atoms with Gasteiger partial charge in [-0.3, -0.25) is 0 Å². The lowest BCUT2D eigenvalue weighted by molar-refractivity contribution is 0.235. The van der Waals surface area contributed by atoms with E-state index in [0.29, 0.717) is 12.5 Å². The molecule has 0 saturated heterocycles. The molecule has 0 saturated carbocycles. The maximum atomic E-state index is 8.69. The van der Waals surface area contributed by atoms with Gasteiger partial charge >= 0.3 is 0 Å². The fraction of sp³-hybridized carbons (Fsp3) is 1.00. The molecule has 0 aromatic heterocycles. The van der Waals surface area contributed by atoms with E-state index in [2.05, 4.69) is 20.8 Å². The lowest BCUT2D eigenvalue weighted by Gasteiger charge is -2.08. The van der Waals surface area contributed by atoms with Gasteiger partial charge in [-0.25, -0.2) is 0 Å². The molecule has 1 nitrogen and oxygen atoms in total. The van der Waals surface area contributed by atoms with E-state index in [0.717, 1.165) is 11.7 Å². The van der Waals surface area contributed by atoms with E-state index < -0.39 is 0 Å². The molecule has 0 bridgehead atoms. The Bertz CT molecular complexity index is 73.7. The fourth-order valence-corrected chi connectivity index (χ4v) is 1.61. The molecule has 0 rings (SSSR count). The van der Waals surface area contributed by atoms with Gasteiger partial charge in [0, 0.05) is 6.61 Å². The van der Waals surface area contributed by atoms with E-state index in [4.69, 9.17) is 5.11 Å². The molecule has 0 aliphatic rings. The summed E-state index contributed by atoms with van der Waals surface area (Å²) in [4.78, 5) is 0. The van der Waals surface area contributed by atoms with Gasteiger partial charge in [0.2, 0.25) is 0 Å². The van der Waals surface area contributed by atoms with Crippen molar-refractivity contribution in [2.24, 2.45) is 5.92 Å². The number of hydrogen-bond donors (Lipinski definition) is 1. The molecule has 1 unspecified atom stereocenters. The molecule has 1 atom stereocenters. The highest BCUT2D eigenvalue weighted by Crippen LogP contribution is 2.13. The summed E-state index contributed by atoms with van der Waals surface area (Å²) in [6.07, 6.45) is 1.14. The first-order valence-electron chi connectivity index (χ1n) is 3.89. The van der Waals surface area contributed by atoms with Crippen LogP contribution in [-0.4, -0.2) is 22.7 Å². The van der Waals surface area contributed by atoms with Crippen LogP contribution in [0.25, 0.3) is 0 Å². The smallest absolute Gasteiger partial charge is 0.0456 e. The molecule has 0 aliphatic heterocycles. The van der Waals surface area contributed by atoms with Crippen molar-refractivity contribution in [1.29, 1.82) is 0 Å². The van der Waals surface area contributed by atoms with Crippen LogP contribution in [0.1, 0.15) is 27.2 Å². The van der Waals surface area contributed by atoms with Gasteiger partial charge in [-0.2, -0.15) is 11.8 Å². The van der Waals surface area contributed by atoms with Crippen LogP contribution in [-0.2, 0) is 0 Å². The Morgan fingerprint density at radius 2 is 1.90 bits per heavy atom. The molecular formula is C8H18OS. The molecule has 0 fully saturated rings. The lowest BCUT2D eigenvalue weighted by Crippen LogP contribution is -2.02. The largest absolute Gasteiger partial charge is 0.396 e. The SMILES string of the molecule is CC(CO)CCSC(C)C. The molecular weight excluding hydrogens is 144 g/mol. The van der Waals surface area contributed by atoms with Crippen molar-refractivity contribution < 1.29 is 5.11 Å². The summed E-state index contributed by atoms with van der Waals surface area (Å²) in [6.45, 7) is 6.82. The summed E-state index contributed by atoms with van der Waals surface area (Å²) in [7, 11) is 0. The second-order valence-electron chi connectivity index (χ2n) is 3.00. The van der Waals surface area contributed by atoms with Crippen LogP contribution in [0.15, 0.2) is 0 Å². The van der Waals surface area contributed by atoms with E-state index in [1.165, 1.54) is 5.75 Å². The summed E-state index contributed by atoms with van der Waals surface area (Å²) >= 11 is 1.96. The van der Waals surface area contributed by atoms with Crippen LogP contribution < -0.4 is 0 Å². The van der Waals surface area contributed by atoms with Gasteiger partial charge in [0.25, 0.3) is 0 Å². The predicted octanol–water partition coefficient (Wildman–Crippen LogP) is 2.15. The molecule has 0 amide bonds. The monoisotopic (exact) mass is 162 g/mol. The van der Waals surface area contributed by atoms with Crippen LogP contribution >= 0.6 is 11.8 Å². The van der Waals surface area contributed by atoms with Crippen molar-refractivity contribution in [2.75, 3.05) is 12.4 Å². The average Bonchev–Trinajstić information content (AvgIpc) is 1.87. The molecule has 2 heteroatoms. The highest BCUT2D eigenvalue weighted by atomic mass is 32.2. The Morgan fingerprint density at radius 3 is 2.30 bits per heavy atom. The van der Waals surface area contributed by atoms with Gasteiger partial charge in [0.15, 0.2) is 0 Å². The van der Waals surface area contributed by atoms with Gasteiger partial charge in [-0.15, -0.1) is 0 Å². The van der Waals surface area contributed by atoms with Crippen LogP contribution in [0.3, 0.4) is 0 Å². The van der Waals surface area contributed by atoms with Crippen molar-refractivity contribution in [3.8, 4) is 0 Å². The molecule has 1 N–H and O–H groups in total. The van der Waals surface area contributed by atoms with Crippen LogP contribution in [0.5, 0.6) is 0 Å². The summed E-state index contributed by atoms with van der Waals surface area (Å²) in [5.41, 5.74) is 0. The Labute approximate surface area is 68.2 Å². The summed E-state index contributed by atoms with van der Waals surface area (Å²) in [5.74, 6) is 1.66. The molecule has 62 valence electrons. The van der Waals surface area contributed by atoms with Crippen molar-refractivity contribution in [3.05, 3.63) is 0 Å². The van der Waals surface area contributed by atoms with Crippen molar-refractivity contribution >= 4 is 11.8 Å². The zero-order valence-electron chi connectivity index (χ0n) is 7.13. The normalized spacial score (nSPS) is 14.1. The van der Waals surface area contributed by atoms with Gasteiger partial charge in [-0.05, 0) is 23.3 Å². The Kier molecular flexibility index (Phi) is 6.24. The van der Waals surface area contributed by atoms with E-state index in [1.807, 2.05) is 11.8 Å². The zero-order chi connectivity index (χ0) is 7.98. The standard InChI is InChI=1S/C8H18OS/c1-7(2)10-5-4-8(3)6-9/h7-9H,4-6H2,1-3H3. The second-order valence-corrected chi connectivity index (χ2v) is 4.68. The number of aliphatic hydroxyl groups excluding tert-OH is 1. The van der Waals surface area contributed by atoms with Crippen molar-refractivity contribution in [3.63, 3.8) is 0 Å². The Hall–Kier alpha value is 0.310. The number of rotatable bonds is 5. The van der Waals surface area contributed by atoms with Gasteiger partial charge in [-0.1, -0.05) is 20.8 Å². The van der Waals surface area contributed by atoms with Gasteiger partial charge < -0.3 is 5.11 Å². The first-order chi connectivity index (χ1) is 4.66. The Morgan fingerprint density at radius 1 is 1.30 bits per heavy atom. The Balaban J connectivity index is 3.03. The molecule has 0 radical (unpaired) electrons.